The van der Waals surface area contributed by atoms with Crippen LogP contribution >= 0.6 is 0 Å². The monoisotopic (exact) mass is 171 g/mol. The van der Waals surface area contributed by atoms with Crippen LogP contribution in [0.2, 0.25) is 0 Å². The number of amides is 1. The van der Waals surface area contributed by atoms with Crippen LogP contribution in [-0.2, 0) is 9.59 Å². The fourth-order valence-electron chi connectivity index (χ4n) is 0.623. The van der Waals surface area contributed by atoms with E-state index in [-0.39, 0.29) is 11.4 Å². The zero-order valence-electron chi connectivity index (χ0n) is 7.47. The number of carbonyl (C=O) groups excluding carboxylic acids is 2. The Balaban J connectivity index is 4.53. The maximum Gasteiger partial charge on any atom is 0.277 e. The molecule has 0 aromatic heterocycles. The van der Waals surface area contributed by atoms with Crippen molar-refractivity contribution in [2.75, 3.05) is 0 Å². The molecule has 0 aliphatic carbocycles. The number of hydroxylamine groups is 1. The van der Waals surface area contributed by atoms with E-state index in [1.807, 2.05) is 0 Å². The van der Waals surface area contributed by atoms with E-state index in [1.165, 1.54) is 5.48 Å². The van der Waals surface area contributed by atoms with Gasteiger partial charge in [-0.1, -0.05) is 27.4 Å². The molecule has 0 atom stereocenters. The fraction of sp³-hybridized carbons (Fsp3) is 0.500. The molecule has 2 N–H and O–H groups in total. The maximum atomic E-state index is 11.3. The van der Waals surface area contributed by atoms with Crippen LogP contribution in [0.25, 0.3) is 0 Å². The number of nitrogens with one attached hydrogen (secondary N) is 1. The maximum absolute atomic E-state index is 11.3. The quantitative estimate of drug-likeness (QED) is 0.211. The first-order chi connectivity index (χ1) is 5.30. The number of rotatable bonds is 2. The number of hydrogen-bond donors (Lipinski definition) is 2. The van der Waals surface area contributed by atoms with Gasteiger partial charge in [0.2, 0.25) is 0 Å². The minimum absolute atomic E-state index is 0.231. The van der Waals surface area contributed by atoms with Gasteiger partial charge in [-0.2, -0.15) is 0 Å². The van der Waals surface area contributed by atoms with Crippen molar-refractivity contribution in [1.82, 2.24) is 5.48 Å². The Labute approximate surface area is 71.2 Å². The third kappa shape index (κ3) is 2.47. The number of hydrogen-bond acceptors (Lipinski definition) is 3. The summed E-state index contributed by atoms with van der Waals surface area (Å²) in [7, 11) is 0. The molecule has 0 saturated carbocycles. The summed E-state index contributed by atoms with van der Waals surface area (Å²) >= 11 is 0. The van der Waals surface area contributed by atoms with E-state index in [4.69, 9.17) is 5.21 Å². The van der Waals surface area contributed by atoms with E-state index >= 15 is 0 Å². The van der Waals surface area contributed by atoms with Crippen LogP contribution in [0.4, 0.5) is 0 Å². The summed E-state index contributed by atoms with van der Waals surface area (Å²) in [6.45, 7) is 8.29. The van der Waals surface area contributed by atoms with E-state index in [1.54, 1.807) is 20.8 Å². The van der Waals surface area contributed by atoms with E-state index in [0.29, 0.717) is 0 Å². The van der Waals surface area contributed by atoms with E-state index in [9.17, 15) is 9.59 Å². The SMILES string of the molecule is C=C(C(=O)NO)C(=O)C(C)(C)C. The van der Waals surface area contributed by atoms with Crippen LogP contribution in [0, 0.1) is 5.41 Å². The first-order valence-corrected chi connectivity index (χ1v) is 3.49. The third-order valence-corrected chi connectivity index (χ3v) is 1.33. The normalized spacial score (nSPS) is 10.7. The predicted octanol–water partition coefficient (Wildman–Crippen LogP) is 0.663. The highest BCUT2D eigenvalue weighted by atomic mass is 16.5. The van der Waals surface area contributed by atoms with Crippen molar-refractivity contribution in [3.8, 4) is 0 Å². The Morgan fingerprint density at radius 1 is 1.33 bits per heavy atom. The van der Waals surface area contributed by atoms with Crippen molar-refractivity contribution in [3.05, 3.63) is 12.2 Å². The minimum Gasteiger partial charge on any atom is -0.293 e. The zero-order chi connectivity index (χ0) is 9.94. The molecule has 12 heavy (non-hydrogen) atoms. The molecule has 0 aromatic rings. The molecular formula is C8H13NO3. The Kier molecular flexibility index (Phi) is 3.15. The molecule has 0 aliphatic rings. The number of carbonyl (C=O) groups is 2. The van der Waals surface area contributed by atoms with Gasteiger partial charge in [0.25, 0.3) is 5.91 Å². The second-order valence-electron chi connectivity index (χ2n) is 3.50. The van der Waals surface area contributed by atoms with Gasteiger partial charge in [0, 0.05) is 5.41 Å². The van der Waals surface area contributed by atoms with Gasteiger partial charge in [-0.15, -0.1) is 0 Å². The van der Waals surface area contributed by atoms with Gasteiger partial charge >= 0.3 is 0 Å². The molecular weight excluding hydrogens is 158 g/mol. The van der Waals surface area contributed by atoms with Gasteiger partial charge in [-0.25, -0.2) is 5.48 Å². The molecule has 0 saturated heterocycles. The second kappa shape index (κ2) is 3.49. The van der Waals surface area contributed by atoms with E-state index in [2.05, 4.69) is 6.58 Å². The van der Waals surface area contributed by atoms with E-state index < -0.39 is 11.3 Å². The zero-order valence-corrected chi connectivity index (χ0v) is 7.47. The van der Waals surface area contributed by atoms with Crippen LogP contribution < -0.4 is 5.48 Å². The van der Waals surface area contributed by atoms with Crippen molar-refractivity contribution in [1.29, 1.82) is 0 Å². The number of Topliss-reactive ketones (excluding diaryl/α,β-unsaturated/α-hetero) is 1. The molecule has 0 fully saturated rings. The molecule has 0 rings (SSSR count). The first-order valence-electron chi connectivity index (χ1n) is 3.49. The summed E-state index contributed by atoms with van der Waals surface area (Å²) in [5, 5.41) is 8.21. The van der Waals surface area contributed by atoms with E-state index in [0.717, 1.165) is 0 Å². The lowest BCUT2D eigenvalue weighted by Gasteiger charge is -2.16. The average molecular weight is 171 g/mol. The standard InChI is InChI=1S/C8H13NO3/c1-5(7(11)9-12)6(10)8(2,3)4/h12H,1H2,2-4H3,(H,9,11). The minimum atomic E-state index is -0.852. The van der Waals surface area contributed by atoms with Crippen LogP contribution in [0.5, 0.6) is 0 Å². The lowest BCUT2D eigenvalue weighted by molar-refractivity contribution is -0.130. The molecule has 0 bridgehead atoms. The van der Waals surface area contributed by atoms with Gasteiger partial charge in [0.05, 0.1) is 5.57 Å². The van der Waals surface area contributed by atoms with Crippen LogP contribution in [-0.4, -0.2) is 16.9 Å². The van der Waals surface area contributed by atoms with Crippen molar-refractivity contribution in [2.45, 2.75) is 20.8 Å². The Morgan fingerprint density at radius 2 is 1.75 bits per heavy atom. The molecule has 0 spiro atoms. The molecule has 1 amide bonds. The third-order valence-electron chi connectivity index (χ3n) is 1.33. The molecule has 0 heterocycles. The summed E-state index contributed by atoms with van der Waals surface area (Å²) in [6.07, 6.45) is 0. The van der Waals surface area contributed by atoms with Crippen LogP contribution in [0.1, 0.15) is 20.8 Å². The van der Waals surface area contributed by atoms with Gasteiger partial charge in [0.1, 0.15) is 0 Å². The molecule has 68 valence electrons. The van der Waals surface area contributed by atoms with Crippen molar-refractivity contribution < 1.29 is 14.8 Å². The highest BCUT2D eigenvalue weighted by molar-refractivity contribution is 6.20. The lowest BCUT2D eigenvalue weighted by atomic mass is 9.87. The van der Waals surface area contributed by atoms with Crippen molar-refractivity contribution in [3.63, 3.8) is 0 Å². The Hall–Kier alpha value is -1.16. The predicted molar refractivity (Wildman–Crippen MR) is 43.5 cm³/mol. The summed E-state index contributed by atoms with van der Waals surface area (Å²) in [5.74, 6) is -1.23. The van der Waals surface area contributed by atoms with Gasteiger partial charge in [0.15, 0.2) is 5.78 Å². The highest BCUT2D eigenvalue weighted by Crippen LogP contribution is 2.18. The molecule has 0 unspecified atom stereocenters. The van der Waals surface area contributed by atoms with Crippen molar-refractivity contribution >= 4 is 11.7 Å². The fourth-order valence-corrected chi connectivity index (χ4v) is 0.623. The van der Waals surface area contributed by atoms with Gasteiger partial charge in [-0.3, -0.25) is 14.8 Å². The molecule has 4 heteroatoms. The smallest absolute Gasteiger partial charge is 0.277 e. The molecule has 4 nitrogen and oxygen atoms in total. The highest BCUT2D eigenvalue weighted by Gasteiger charge is 2.27. The van der Waals surface area contributed by atoms with Crippen LogP contribution in [0.3, 0.4) is 0 Å². The van der Waals surface area contributed by atoms with Gasteiger partial charge < -0.3 is 0 Å². The second-order valence-corrected chi connectivity index (χ2v) is 3.50. The first kappa shape index (κ1) is 10.8. The van der Waals surface area contributed by atoms with Gasteiger partial charge in [-0.05, 0) is 0 Å². The summed E-state index contributed by atoms with van der Waals surface area (Å²) in [5.41, 5.74) is 0.478. The Morgan fingerprint density at radius 3 is 2.00 bits per heavy atom. The largest absolute Gasteiger partial charge is 0.293 e. The topological polar surface area (TPSA) is 66.4 Å². The van der Waals surface area contributed by atoms with Crippen molar-refractivity contribution in [2.24, 2.45) is 5.41 Å². The molecule has 0 radical (unpaired) electrons. The number of ketones is 1. The lowest BCUT2D eigenvalue weighted by Crippen LogP contribution is -2.31. The molecule has 0 aliphatic heterocycles. The van der Waals surface area contributed by atoms with Crippen LogP contribution in [0.15, 0.2) is 12.2 Å². The molecule has 0 aromatic carbocycles. The summed E-state index contributed by atoms with van der Waals surface area (Å²) in [6, 6.07) is 0. The average Bonchev–Trinajstić information content (AvgIpc) is 1.98. The summed E-state index contributed by atoms with van der Waals surface area (Å²) in [4.78, 5) is 22.0. The Bertz CT molecular complexity index is 225. The summed E-state index contributed by atoms with van der Waals surface area (Å²) < 4.78 is 0.